The molecule has 1 fully saturated rings. The van der Waals surface area contributed by atoms with Crippen LogP contribution in [0.15, 0.2) is 30.6 Å². The fourth-order valence-corrected chi connectivity index (χ4v) is 4.50. The summed E-state index contributed by atoms with van der Waals surface area (Å²) in [5.74, 6) is 1.57. The third kappa shape index (κ3) is 4.26. The number of urea groups is 1. The first-order valence-corrected chi connectivity index (χ1v) is 10.9. The fourth-order valence-electron chi connectivity index (χ4n) is 4.50. The molecule has 4 rings (SSSR count). The van der Waals surface area contributed by atoms with Crippen molar-refractivity contribution in [1.82, 2.24) is 19.8 Å². The standard InChI is InChI=1S/C23H32N6O/c1-17-3-6-19(7-4-17)15-29(10-9-24)23(30)28-13-11-27(12-14-28)22-21-18(2)5-8-20(21)25-16-26-22/h3-4,6-7,16,18H,5,8-15,24H2,1-2H3/t18-/m1/s1. The Kier molecular flexibility index (Phi) is 6.18. The number of carbonyl (C=O) groups is 1. The molecule has 7 heteroatoms. The largest absolute Gasteiger partial charge is 0.353 e. The van der Waals surface area contributed by atoms with Crippen molar-refractivity contribution < 1.29 is 4.79 Å². The van der Waals surface area contributed by atoms with Crippen molar-refractivity contribution in [3.63, 3.8) is 0 Å². The molecular weight excluding hydrogens is 376 g/mol. The number of hydrogen-bond acceptors (Lipinski definition) is 5. The summed E-state index contributed by atoms with van der Waals surface area (Å²) in [5, 5.41) is 0. The van der Waals surface area contributed by atoms with Crippen LogP contribution in [0, 0.1) is 6.92 Å². The van der Waals surface area contributed by atoms with Gasteiger partial charge in [-0.2, -0.15) is 0 Å². The van der Waals surface area contributed by atoms with Gasteiger partial charge < -0.3 is 20.4 Å². The van der Waals surface area contributed by atoms with Crippen molar-refractivity contribution in [2.75, 3.05) is 44.2 Å². The van der Waals surface area contributed by atoms with E-state index in [4.69, 9.17) is 5.73 Å². The highest BCUT2D eigenvalue weighted by atomic mass is 16.2. The van der Waals surface area contributed by atoms with Gasteiger partial charge in [-0.3, -0.25) is 0 Å². The summed E-state index contributed by atoms with van der Waals surface area (Å²) < 4.78 is 0. The van der Waals surface area contributed by atoms with Gasteiger partial charge in [0, 0.05) is 57.1 Å². The minimum absolute atomic E-state index is 0.0713. The first-order chi connectivity index (χ1) is 14.6. The summed E-state index contributed by atoms with van der Waals surface area (Å²) in [6.45, 7) is 8.92. The third-order valence-corrected chi connectivity index (χ3v) is 6.27. The summed E-state index contributed by atoms with van der Waals surface area (Å²) in [7, 11) is 0. The van der Waals surface area contributed by atoms with E-state index in [9.17, 15) is 4.79 Å². The van der Waals surface area contributed by atoms with E-state index in [1.165, 1.54) is 16.8 Å². The summed E-state index contributed by atoms with van der Waals surface area (Å²) in [6.07, 6.45) is 3.87. The van der Waals surface area contributed by atoms with Crippen LogP contribution in [0.2, 0.25) is 0 Å². The molecular formula is C23H32N6O. The molecule has 1 atom stereocenters. The molecule has 2 amide bonds. The predicted octanol–water partition coefficient (Wildman–Crippen LogP) is 2.54. The summed E-state index contributed by atoms with van der Waals surface area (Å²) in [5.41, 5.74) is 10.7. The van der Waals surface area contributed by atoms with Gasteiger partial charge in [-0.25, -0.2) is 14.8 Å². The Morgan fingerprint density at radius 1 is 1.17 bits per heavy atom. The molecule has 1 aromatic heterocycles. The van der Waals surface area contributed by atoms with Gasteiger partial charge in [0.05, 0.1) is 0 Å². The molecule has 2 N–H and O–H groups in total. The first-order valence-electron chi connectivity index (χ1n) is 10.9. The van der Waals surface area contributed by atoms with Gasteiger partial charge in [0.15, 0.2) is 0 Å². The lowest BCUT2D eigenvalue weighted by atomic mass is 10.1. The van der Waals surface area contributed by atoms with Crippen LogP contribution in [0.25, 0.3) is 0 Å². The Morgan fingerprint density at radius 2 is 1.90 bits per heavy atom. The van der Waals surface area contributed by atoms with Crippen molar-refractivity contribution in [2.45, 2.75) is 39.2 Å². The number of fused-ring (bicyclic) bond motifs is 1. The zero-order chi connectivity index (χ0) is 21.1. The highest BCUT2D eigenvalue weighted by Gasteiger charge is 2.30. The molecule has 1 aliphatic heterocycles. The smallest absolute Gasteiger partial charge is 0.320 e. The number of anilines is 1. The Labute approximate surface area is 178 Å². The van der Waals surface area contributed by atoms with Crippen LogP contribution >= 0.6 is 0 Å². The van der Waals surface area contributed by atoms with E-state index < -0.39 is 0 Å². The van der Waals surface area contributed by atoms with Crippen LogP contribution in [0.4, 0.5) is 10.6 Å². The van der Waals surface area contributed by atoms with Crippen molar-refractivity contribution in [2.24, 2.45) is 5.73 Å². The van der Waals surface area contributed by atoms with Crippen LogP contribution in [-0.4, -0.2) is 65.1 Å². The number of piperazine rings is 1. The molecule has 2 heterocycles. The van der Waals surface area contributed by atoms with E-state index >= 15 is 0 Å². The Bertz CT molecular complexity index is 876. The number of benzene rings is 1. The molecule has 7 nitrogen and oxygen atoms in total. The highest BCUT2D eigenvalue weighted by molar-refractivity contribution is 5.75. The number of carbonyl (C=O) groups excluding carboxylic acids is 1. The first kappa shape index (κ1) is 20.6. The van der Waals surface area contributed by atoms with E-state index in [1.54, 1.807) is 6.33 Å². The van der Waals surface area contributed by atoms with Gasteiger partial charge >= 0.3 is 6.03 Å². The number of aryl methyl sites for hydroxylation is 2. The molecule has 1 aliphatic carbocycles. The Hall–Kier alpha value is -2.67. The van der Waals surface area contributed by atoms with Gasteiger partial charge in [-0.1, -0.05) is 36.8 Å². The average Bonchev–Trinajstić information content (AvgIpc) is 3.16. The maximum atomic E-state index is 13.2. The average molecular weight is 409 g/mol. The molecule has 0 radical (unpaired) electrons. The van der Waals surface area contributed by atoms with E-state index in [0.29, 0.717) is 38.6 Å². The van der Waals surface area contributed by atoms with Gasteiger partial charge in [-0.05, 0) is 31.2 Å². The molecule has 0 saturated carbocycles. The summed E-state index contributed by atoms with van der Waals surface area (Å²) in [6, 6.07) is 8.41. The lowest BCUT2D eigenvalue weighted by Gasteiger charge is -2.38. The zero-order valence-electron chi connectivity index (χ0n) is 18.0. The van der Waals surface area contributed by atoms with Gasteiger partial charge in [0.25, 0.3) is 0 Å². The Morgan fingerprint density at radius 3 is 2.60 bits per heavy atom. The molecule has 2 aromatic rings. The highest BCUT2D eigenvalue weighted by Crippen LogP contribution is 2.37. The van der Waals surface area contributed by atoms with Gasteiger partial charge in [-0.15, -0.1) is 0 Å². The van der Waals surface area contributed by atoms with E-state index in [1.807, 2.05) is 9.80 Å². The number of amides is 2. The second-order valence-electron chi connectivity index (χ2n) is 8.45. The second kappa shape index (κ2) is 9.00. The minimum atomic E-state index is 0.0713. The quantitative estimate of drug-likeness (QED) is 0.823. The normalized spacial score (nSPS) is 18.4. The lowest BCUT2D eigenvalue weighted by molar-refractivity contribution is 0.148. The molecule has 2 aliphatic rings. The number of aromatic nitrogens is 2. The number of hydrogen-bond donors (Lipinski definition) is 1. The zero-order valence-corrected chi connectivity index (χ0v) is 18.0. The lowest BCUT2D eigenvalue weighted by Crippen LogP contribution is -2.53. The van der Waals surface area contributed by atoms with E-state index in [-0.39, 0.29) is 6.03 Å². The monoisotopic (exact) mass is 408 g/mol. The molecule has 160 valence electrons. The van der Waals surface area contributed by atoms with Gasteiger partial charge in [0.2, 0.25) is 0 Å². The van der Waals surface area contributed by atoms with Crippen molar-refractivity contribution in [1.29, 1.82) is 0 Å². The third-order valence-electron chi connectivity index (χ3n) is 6.27. The van der Waals surface area contributed by atoms with Crippen LogP contribution in [0.5, 0.6) is 0 Å². The molecule has 30 heavy (non-hydrogen) atoms. The molecule has 1 aromatic carbocycles. The minimum Gasteiger partial charge on any atom is -0.353 e. The maximum Gasteiger partial charge on any atom is 0.320 e. The van der Waals surface area contributed by atoms with Gasteiger partial charge in [0.1, 0.15) is 12.1 Å². The predicted molar refractivity (Wildman–Crippen MR) is 119 cm³/mol. The number of nitrogens with zero attached hydrogens (tertiary/aromatic N) is 5. The van der Waals surface area contributed by atoms with Crippen molar-refractivity contribution in [3.8, 4) is 0 Å². The molecule has 0 bridgehead atoms. The van der Waals surface area contributed by atoms with Crippen LogP contribution in [-0.2, 0) is 13.0 Å². The molecule has 1 saturated heterocycles. The summed E-state index contributed by atoms with van der Waals surface area (Å²) in [4.78, 5) is 28.4. The van der Waals surface area contributed by atoms with Crippen LogP contribution in [0.1, 0.15) is 41.6 Å². The second-order valence-corrected chi connectivity index (χ2v) is 8.45. The molecule has 0 unspecified atom stereocenters. The van der Waals surface area contributed by atoms with E-state index in [0.717, 1.165) is 37.3 Å². The summed E-state index contributed by atoms with van der Waals surface area (Å²) >= 11 is 0. The van der Waals surface area contributed by atoms with Crippen LogP contribution < -0.4 is 10.6 Å². The topological polar surface area (TPSA) is 78.6 Å². The number of rotatable bonds is 5. The SMILES string of the molecule is Cc1ccc(CN(CCN)C(=O)N2CCN(c3ncnc4c3[C@H](C)CC4)CC2)cc1. The molecule has 0 spiro atoms. The van der Waals surface area contributed by atoms with Crippen LogP contribution in [0.3, 0.4) is 0 Å². The Balaban J connectivity index is 1.41. The fraction of sp³-hybridized carbons (Fsp3) is 0.522. The number of nitrogens with two attached hydrogens (primary N) is 1. The van der Waals surface area contributed by atoms with E-state index in [2.05, 4.69) is 53.0 Å². The van der Waals surface area contributed by atoms with Crippen molar-refractivity contribution >= 4 is 11.8 Å². The van der Waals surface area contributed by atoms with Crippen molar-refractivity contribution in [3.05, 3.63) is 53.0 Å². The maximum absolute atomic E-state index is 13.2.